The van der Waals surface area contributed by atoms with Crippen LogP contribution in [0.25, 0.3) is 0 Å². The van der Waals surface area contributed by atoms with Crippen LogP contribution in [0.2, 0.25) is 0 Å². The van der Waals surface area contributed by atoms with Crippen molar-refractivity contribution in [2.45, 2.75) is 25.5 Å². The molecule has 0 unspecified atom stereocenters. The maximum atomic E-state index is 11.8. The number of nitrogens with one attached hydrogen (secondary N) is 1. The third-order valence-electron chi connectivity index (χ3n) is 3.30. The molecule has 0 aliphatic heterocycles. The molecule has 1 aromatic rings. The minimum Gasteiger partial charge on any atom is -0.390 e. The highest BCUT2D eigenvalue weighted by Crippen LogP contribution is 2.31. The largest absolute Gasteiger partial charge is 0.390 e. The monoisotopic (exact) mass is 234 g/mol. The molecule has 17 heavy (non-hydrogen) atoms. The molecule has 2 atom stereocenters. The first-order chi connectivity index (χ1) is 8.13. The number of fused-ring (bicyclic) bond motifs is 1. The van der Waals surface area contributed by atoms with E-state index >= 15 is 0 Å². The molecule has 1 aliphatic rings. The van der Waals surface area contributed by atoms with E-state index in [2.05, 4.69) is 5.32 Å². The van der Waals surface area contributed by atoms with Gasteiger partial charge in [-0.1, -0.05) is 24.3 Å². The van der Waals surface area contributed by atoms with Crippen LogP contribution in [0.4, 0.5) is 4.79 Å². The zero-order valence-corrected chi connectivity index (χ0v) is 10.2. The van der Waals surface area contributed by atoms with Gasteiger partial charge in [0, 0.05) is 20.0 Å². The number of aliphatic hydroxyl groups is 1. The van der Waals surface area contributed by atoms with E-state index < -0.39 is 6.10 Å². The van der Waals surface area contributed by atoms with Gasteiger partial charge in [-0.3, -0.25) is 0 Å². The van der Waals surface area contributed by atoms with Gasteiger partial charge in [0.2, 0.25) is 0 Å². The number of benzene rings is 1. The molecule has 0 saturated heterocycles. The van der Waals surface area contributed by atoms with Gasteiger partial charge < -0.3 is 15.3 Å². The molecule has 4 nitrogen and oxygen atoms in total. The molecule has 0 fully saturated rings. The van der Waals surface area contributed by atoms with Gasteiger partial charge in [0.25, 0.3) is 0 Å². The van der Waals surface area contributed by atoms with Gasteiger partial charge in [0.1, 0.15) is 0 Å². The fourth-order valence-corrected chi connectivity index (χ4v) is 2.13. The van der Waals surface area contributed by atoms with Gasteiger partial charge >= 0.3 is 6.03 Å². The molecule has 0 heterocycles. The third kappa shape index (κ3) is 2.26. The zero-order chi connectivity index (χ0) is 12.4. The van der Waals surface area contributed by atoms with E-state index in [9.17, 15) is 9.90 Å². The SMILES string of the molecule is CCN(C)C(=O)N[C@H]1c2ccccc2C[C@H]1O. The third-order valence-corrected chi connectivity index (χ3v) is 3.30. The van der Waals surface area contributed by atoms with Gasteiger partial charge in [0.15, 0.2) is 0 Å². The van der Waals surface area contributed by atoms with Crippen molar-refractivity contribution < 1.29 is 9.90 Å². The summed E-state index contributed by atoms with van der Waals surface area (Å²) in [5.74, 6) is 0. The van der Waals surface area contributed by atoms with Crippen molar-refractivity contribution in [3.63, 3.8) is 0 Å². The number of hydrogen-bond donors (Lipinski definition) is 2. The Labute approximate surface area is 101 Å². The number of urea groups is 1. The van der Waals surface area contributed by atoms with Crippen LogP contribution in [-0.4, -0.2) is 35.7 Å². The minimum absolute atomic E-state index is 0.145. The zero-order valence-electron chi connectivity index (χ0n) is 10.2. The topological polar surface area (TPSA) is 52.6 Å². The van der Waals surface area contributed by atoms with Crippen LogP contribution in [0.1, 0.15) is 24.1 Å². The number of rotatable bonds is 2. The van der Waals surface area contributed by atoms with Gasteiger partial charge in [-0.25, -0.2) is 4.79 Å². The van der Waals surface area contributed by atoms with Crippen molar-refractivity contribution in [2.24, 2.45) is 0 Å². The van der Waals surface area contributed by atoms with Gasteiger partial charge in [-0.2, -0.15) is 0 Å². The first kappa shape index (κ1) is 11.9. The first-order valence-electron chi connectivity index (χ1n) is 5.91. The average Bonchev–Trinajstić information content (AvgIpc) is 2.65. The lowest BCUT2D eigenvalue weighted by Gasteiger charge is -2.22. The highest BCUT2D eigenvalue weighted by Gasteiger charge is 2.32. The second-order valence-corrected chi connectivity index (χ2v) is 4.41. The molecule has 0 aromatic heterocycles. The highest BCUT2D eigenvalue weighted by molar-refractivity contribution is 5.74. The Kier molecular flexibility index (Phi) is 3.33. The second kappa shape index (κ2) is 4.75. The number of carbonyl (C=O) groups excluding carboxylic acids is 1. The number of amides is 2. The first-order valence-corrected chi connectivity index (χ1v) is 5.91. The number of aliphatic hydroxyl groups excluding tert-OH is 1. The fraction of sp³-hybridized carbons (Fsp3) is 0.462. The van der Waals surface area contributed by atoms with Crippen LogP contribution in [-0.2, 0) is 6.42 Å². The van der Waals surface area contributed by atoms with Crippen molar-refractivity contribution >= 4 is 6.03 Å². The molecular weight excluding hydrogens is 216 g/mol. The van der Waals surface area contributed by atoms with Crippen LogP contribution in [0, 0.1) is 0 Å². The Morgan fingerprint density at radius 2 is 2.24 bits per heavy atom. The predicted molar refractivity (Wildman–Crippen MR) is 65.7 cm³/mol. The molecule has 0 radical (unpaired) electrons. The number of carbonyl (C=O) groups is 1. The quantitative estimate of drug-likeness (QED) is 0.810. The van der Waals surface area contributed by atoms with E-state index in [0.29, 0.717) is 13.0 Å². The van der Waals surface area contributed by atoms with E-state index in [0.717, 1.165) is 11.1 Å². The van der Waals surface area contributed by atoms with Crippen molar-refractivity contribution in [3.05, 3.63) is 35.4 Å². The second-order valence-electron chi connectivity index (χ2n) is 4.41. The number of hydrogen-bond acceptors (Lipinski definition) is 2. The lowest BCUT2D eigenvalue weighted by atomic mass is 10.1. The summed E-state index contributed by atoms with van der Waals surface area (Å²) in [6.07, 6.45) is 0.0818. The smallest absolute Gasteiger partial charge is 0.317 e. The molecule has 4 heteroatoms. The van der Waals surface area contributed by atoms with Crippen molar-refractivity contribution in [3.8, 4) is 0 Å². The Morgan fingerprint density at radius 3 is 2.94 bits per heavy atom. The molecular formula is C13H18N2O2. The van der Waals surface area contributed by atoms with Crippen molar-refractivity contribution in [1.29, 1.82) is 0 Å². The summed E-state index contributed by atoms with van der Waals surface area (Å²) in [5, 5.41) is 12.9. The molecule has 0 saturated carbocycles. The van der Waals surface area contributed by atoms with Crippen LogP contribution in [0.3, 0.4) is 0 Å². The average molecular weight is 234 g/mol. The van der Waals surface area contributed by atoms with Crippen molar-refractivity contribution in [1.82, 2.24) is 10.2 Å². The molecule has 0 spiro atoms. The van der Waals surface area contributed by atoms with Crippen LogP contribution < -0.4 is 5.32 Å². The van der Waals surface area contributed by atoms with Crippen LogP contribution in [0.5, 0.6) is 0 Å². The summed E-state index contributed by atoms with van der Waals surface area (Å²) in [6.45, 7) is 2.56. The summed E-state index contributed by atoms with van der Waals surface area (Å²) >= 11 is 0. The van der Waals surface area contributed by atoms with Crippen LogP contribution >= 0.6 is 0 Å². The van der Waals surface area contributed by atoms with Gasteiger partial charge in [-0.15, -0.1) is 0 Å². The summed E-state index contributed by atoms with van der Waals surface area (Å²) in [5.41, 5.74) is 2.14. The van der Waals surface area contributed by atoms with E-state index in [1.54, 1.807) is 11.9 Å². The molecule has 0 bridgehead atoms. The van der Waals surface area contributed by atoms with Gasteiger partial charge in [-0.05, 0) is 18.1 Å². The Balaban J connectivity index is 2.14. The molecule has 1 aromatic carbocycles. The van der Waals surface area contributed by atoms with E-state index in [1.165, 1.54) is 0 Å². The molecule has 2 rings (SSSR count). The summed E-state index contributed by atoms with van der Waals surface area (Å²) < 4.78 is 0. The predicted octanol–water partition coefficient (Wildman–Crippen LogP) is 1.31. The molecule has 1 aliphatic carbocycles. The molecule has 2 amide bonds. The normalized spacial score (nSPS) is 22.1. The van der Waals surface area contributed by atoms with Crippen LogP contribution in [0.15, 0.2) is 24.3 Å². The maximum Gasteiger partial charge on any atom is 0.317 e. The minimum atomic E-state index is -0.526. The van der Waals surface area contributed by atoms with Gasteiger partial charge in [0.05, 0.1) is 12.1 Å². The van der Waals surface area contributed by atoms with E-state index in [-0.39, 0.29) is 12.1 Å². The Bertz CT molecular complexity index is 420. The standard InChI is InChI=1S/C13H18N2O2/c1-3-15(2)13(17)14-12-10-7-5-4-6-9(10)8-11(12)16/h4-7,11-12,16H,3,8H2,1-2H3,(H,14,17)/t11-,12+/m1/s1. The van der Waals surface area contributed by atoms with E-state index in [4.69, 9.17) is 0 Å². The lowest BCUT2D eigenvalue weighted by Crippen LogP contribution is -2.41. The van der Waals surface area contributed by atoms with E-state index in [1.807, 2.05) is 31.2 Å². The Hall–Kier alpha value is -1.55. The molecule has 2 N–H and O–H groups in total. The summed E-state index contributed by atoms with van der Waals surface area (Å²) in [7, 11) is 1.74. The Morgan fingerprint density at radius 1 is 1.53 bits per heavy atom. The lowest BCUT2D eigenvalue weighted by molar-refractivity contribution is 0.136. The number of nitrogens with zero attached hydrogens (tertiary/aromatic N) is 1. The molecule has 92 valence electrons. The summed E-state index contributed by atoms with van der Waals surface area (Å²) in [6, 6.07) is 7.41. The maximum absolute atomic E-state index is 11.8. The highest BCUT2D eigenvalue weighted by atomic mass is 16.3. The van der Waals surface area contributed by atoms with Crippen molar-refractivity contribution in [2.75, 3.05) is 13.6 Å². The fourth-order valence-electron chi connectivity index (χ4n) is 2.13. The summed E-state index contributed by atoms with van der Waals surface area (Å²) in [4.78, 5) is 13.4.